The van der Waals surface area contributed by atoms with Crippen molar-refractivity contribution in [2.45, 2.75) is 51.1 Å². The minimum Gasteiger partial charge on any atom is -0.481 e. The van der Waals surface area contributed by atoms with Crippen molar-refractivity contribution in [2.75, 3.05) is 0 Å². The van der Waals surface area contributed by atoms with Gasteiger partial charge in [-0.15, -0.1) is 0 Å². The standard InChI is InChI=1S/C15H19BCl2O4/c1-14(2)15(3,4)22-16(21-14)10(8-12(19)20)9-6-5-7-11(17)13(9)18/h5-7,10H,8H2,1-4H3,(H,19,20). The first-order valence-electron chi connectivity index (χ1n) is 7.06. The molecule has 0 radical (unpaired) electrons. The highest BCUT2D eigenvalue weighted by atomic mass is 35.5. The highest BCUT2D eigenvalue weighted by Crippen LogP contribution is 2.43. The zero-order valence-corrected chi connectivity index (χ0v) is 14.5. The molecule has 4 nitrogen and oxygen atoms in total. The van der Waals surface area contributed by atoms with Crippen LogP contribution in [0.4, 0.5) is 0 Å². The van der Waals surface area contributed by atoms with Crippen molar-refractivity contribution in [3.8, 4) is 0 Å². The Labute approximate surface area is 140 Å². The molecule has 1 heterocycles. The summed E-state index contributed by atoms with van der Waals surface area (Å²) in [6.07, 6.45) is -0.156. The summed E-state index contributed by atoms with van der Waals surface area (Å²) in [5.74, 6) is -1.49. The van der Waals surface area contributed by atoms with Crippen molar-refractivity contribution in [1.29, 1.82) is 0 Å². The summed E-state index contributed by atoms with van der Waals surface area (Å²) < 4.78 is 12.0. The Morgan fingerprint density at radius 1 is 1.23 bits per heavy atom. The average molecular weight is 345 g/mol. The fourth-order valence-corrected chi connectivity index (χ4v) is 2.85. The quantitative estimate of drug-likeness (QED) is 0.832. The zero-order chi connectivity index (χ0) is 16.7. The van der Waals surface area contributed by atoms with Crippen molar-refractivity contribution < 1.29 is 19.2 Å². The van der Waals surface area contributed by atoms with Gasteiger partial charge in [0.05, 0.1) is 27.7 Å². The van der Waals surface area contributed by atoms with Gasteiger partial charge in [0.2, 0.25) is 0 Å². The summed E-state index contributed by atoms with van der Waals surface area (Å²) >= 11 is 12.3. The molecule has 1 aromatic carbocycles. The van der Waals surface area contributed by atoms with E-state index in [1.54, 1.807) is 18.2 Å². The molecule has 22 heavy (non-hydrogen) atoms. The second-order valence-electron chi connectivity index (χ2n) is 6.47. The first-order chi connectivity index (χ1) is 10.0. The van der Waals surface area contributed by atoms with E-state index in [1.807, 2.05) is 27.7 Å². The van der Waals surface area contributed by atoms with Gasteiger partial charge in [0, 0.05) is 5.82 Å². The summed E-state index contributed by atoms with van der Waals surface area (Å²) in [6.45, 7) is 7.68. The molecule has 1 saturated heterocycles. The van der Waals surface area contributed by atoms with Crippen LogP contribution in [0.15, 0.2) is 18.2 Å². The molecule has 0 saturated carbocycles. The maximum absolute atomic E-state index is 11.3. The molecule has 2 rings (SSSR count). The molecule has 1 aliphatic rings. The van der Waals surface area contributed by atoms with Gasteiger partial charge in [-0.1, -0.05) is 35.3 Å². The molecule has 7 heteroatoms. The van der Waals surface area contributed by atoms with Crippen LogP contribution in [0.25, 0.3) is 0 Å². The van der Waals surface area contributed by atoms with Crippen LogP contribution < -0.4 is 0 Å². The zero-order valence-electron chi connectivity index (χ0n) is 13.0. The molecule has 120 valence electrons. The Bertz CT molecular complexity index is 573. The first kappa shape index (κ1) is 17.6. The first-order valence-corrected chi connectivity index (χ1v) is 7.82. The van der Waals surface area contributed by atoms with E-state index in [1.165, 1.54) is 0 Å². The molecule has 1 aliphatic heterocycles. The summed E-state index contributed by atoms with van der Waals surface area (Å²) in [7, 11) is -0.697. The average Bonchev–Trinajstić information content (AvgIpc) is 2.59. The third kappa shape index (κ3) is 3.28. The van der Waals surface area contributed by atoms with Gasteiger partial charge in [0.1, 0.15) is 0 Å². The monoisotopic (exact) mass is 344 g/mol. The van der Waals surface area contributed by atoms with Crippen molar-refractivity contribution in [3.63, 3.8) is 0 Å². The summed E-state index contributed by atoms with van der Waals surface area (Å²) in [6, 6.07) is 5.16. The van der Waals surface area contributed by atoms with E-state index < -0.39 is 30.1 Å². The third-order valence-corrected chi connectivity index (χ3v) is 5.21. The summed E-state index contributed by atoms with van der Waals surface area (Å²) in [5.41, 5.74) is -0.464. The maximum atomic E-state index is 11.3. The Balaban J connectivity index is 2.40. The van der Waals surface area contributed by atoms with E-state index >= 15 is 0 Å². The van der Waals surface area contributed by atoms with Crippen LogP contribution in [-0.2, 0) is 14.1 Å². The van der Waals surface area contributed by atoms with Crippen LogP contribution in [0.3, 0.4) is 0 Å². The number of hydrogen-bond donors (Lipinski definition) is 1. The number of carboxylic acids is 1. The van der Waals surface area contributed by atoms with Gasteiger partial charge in [0.25, 0.3) is 0 Å². The number of carboxylic acid groups (broad SMARTS) is 1. The van der Waals surface area contributed by atoms with E-state index in [-0.39, 0.29) is 6.42 Å². The van der Waals surface area contributed by atoms with Gasteiger partial charge in [0.15, 0.2) is 0 Å². The SMILES string of the molecule is CC1(C)OB(C(CC(=O)O)c2cccc(Cl)c2Cl)OC1(C)C. The summed E-state index contributed by atoms with van der Waals surface area (Å²) in [4.78, 5) is 11.3. The topological polar surface area (TPSA) is 55.8 Å². The third-order valence-electron chi connectivity index (χ3n) is 4.38. The minimum atomic E-state index is -0.948. The molecular weight excluding hydrogens is 326 g/mol. The number of benzene rings is 1. The fourth-order valence-electron chi connectivity index (χ4n) is 2.40. The summed E-state index contributed by atoms with van der Waals surface area (Å²) in [5, 5.41) is 9.96. The van der Waals surface area contributed by atoms with E-state index in [4.69, 9.17) is 32.5 Å². The number of aliphatic carboxylic acids is 1. The Hall–Kier alpha value is -0.745. The number of halogens is 2. The van der Waals surface area contributed by atoms with Gasteiger partial charge in [-0.25, -0.2) is 0 Å². The van der Waals surface area contributed by atoms with Gasteiger partial charge in [-0.2, -0.15) is 0 Å². The molecule has 0 spiro atoms. The molecule has 0 bridgehead atoms. The lowest BCUT2D eigenvalue weighted by Crippen LogP contribution is -2.41. The van der Waals surface area contributed by atoms with Crippen LogP contribution in [0.5, 0.6) is 0 Å². The molecule has 1 N–H and O–H groups in total. The van der Waals surface area contributed by atoms with E-state index in [9.17, 15) is 9.90 Å². The van der Waals surface area contributed by atoms with Crippen LogP contribution in [0, 0.1) is 0 Å². The largest absolute Gasteiger partial charge is 0.481 e. The molecular formula is C15H19BCl2O4. The lowest BCUT2D eigenvalue weighted by Gasteiger charge is -2.32. The fraction of sp³-hybridized carbons (Fsp3) is 0.533. The van der Waals surface area contributed by atoms with Gasteiger partial charge in [-0.3, -0.25) is 4.79 Å². The lowest BCUT2D eigenvalue weighted by atomic mass is 9.66. The number of rotatable bonds is 4. The Kier molecular flexibility index (Phi) is 4.84. The predicted octanol–water partition coefficient (Wildman–Crippen LogP) is 4.18. The second-order valence-corrected chi connectivity index (χ2v) is 7.26. The van der Waals surface area contributed by atoms with Crippen LogP contribution in [0.2, 0.25) is 10.0 Å². The van der Waals surface area contributed by atoms with Gasteiger partial charge < -0.3 is 14.4 Å². The van der Waals surface area contributed by atoms with Crippen LogP contribution in [-0.4, -0.2) is 29.4 Å². The molecule has 1 unspecified atom stereocenters. The van der Waals surface area contributed by atoms with Crippen LogP contribution >= 0.6 is 23.2 Å². The normalized spacial score (nSPS) is 20.9. The maximum Gasteiger partial charge on any atom is 0.466 e. The van der Waals surface area contributed by atoms with Gasteiger partial charge in [-0.05, 0) is 39.3 Å². The van der Waals surface area contributed by atoms with Crippen molar-refractivity contribution in [1.82, 2.24) is 0 Å². The number of hydrogen-bond acceptors (Lipinski definition) is 3. The molecule has 1 fully saturated rings. The highest BCUT2D eigenvalue weighted by molar-refractivity contribution is 6.49. The Morgan fingerprint density at radius 3 is 2.27 bits per heavy atom. The van der Waals surface area contributed by atoms with E-state index in [2.05, 4.69) is 0 Å². The highest BCUT2D eigenvalue weighted by Gasteiger charge is 2.54. The van der Waals surface area contributed by atoms with Crippen molar-refractivity contribution in [3.05, 3.63) is 33.8 Å². The molecule has 0 aromatic heterocycles. The molecule has 0 amide bonds. The minimum absolute atomic E-state index is 0.156. The van der Waals surface area contributed by atoms with E-state index in [0.29, 0.717) is 15.6 Å². The Morgan fingerprint density at radius 2 is 1.77 bits per heavy atom. The smallest absolute Gasteiger partial charge is 0.466 e. The molecule has 1 aromatic rings. The number of carbonyl (C=O) groups is 1. The van der Waals surface area contributed by atoms with Crippen LogP contribution in [0.1, 0.15) is 45.5 Å². The lowest BCUT2D eigenvalue weighted by molar-refractivity contribution is -0.137. The van der Waals surface area contributed by atoms with Gasteiger partial charge >= 0.3 is 13.1 Å². The van der Waals surface area contributed by atoms with E-state index in [0.717, 1.165) is 0 Å². The second kappa shape index (κ2) is 6.04. The molecule has 1 atom stereocenters. The van der Waals surface area contributed by atoms with Crippen molar-refractivity contribution >= 4 is 36.3 Å². The predicted molar refractivity (Wildman–Crippen MR) is 87.5 cm³/mol. The van der Waals surface area contributed by atoms with Crippen molar-refractivity contribution in [2.24, 2.45) is 0 Å². The molecule has 0 aliphatic carbocycles.